The molecule has 47 heavy (non-hydrogen) atoms. The number of carbonyl (C=O) groups excluding carboxylic acids is 3. The lowest BCUT2D eigenvalue weighted by molar-refractivity contribution is -0.116. The van der Waals surface area contributed by atoms with Gasteiger partial charge in [0.1, 0.15) is 5.00 Å². The van der Waals surface area contributed by atoms with Gasteiger partial charge in [-0.2, -0.15) is 0 Å². The van der Waals surface area contributed by atoms with Gasteiger partial charge in [-0.25, -0.2) is 0 Å². The molecule has 0 atom stereocenters. The SMILES string of the molecule is CCn1c(CNC(=O)/C=C/c2ccc(OC)c(OC)c2)nnc1SCC(=O)Nc1sc2c(c1C(=O)NCc1ccccc1)CCCC2. The zero-order valence-corrected chi connectivity index (χ0v) is 28.3. The van der Waals surface area contributed by atoms with Crippen LogP contribution in [0.4, 0.5) is 5.00 Å². The number of hydrogen-bond donors (Lipinski definition) is 3. The first kappa shape index (κ1) is 33.7. The van der Waals surface area contributed by atoms with Crippen LogP contribution in [0.25, 0.3) is 6.08 Å². The summed E-state index contributed by atoms with van der Waals surface area (Å²) in [5, 5.41) is 18.5. The van der Waals surface area contributed by atoms with Crippen LogP contribution in [0.5, 0.6) is 11.5 Å². The molecule has 1 aliphatic carbocycles. The molecular weight excluding hydrogens is 637 g/mol. The summed E-state index contributed by atoms with van der Waals surface area (Å²) in [5.41, 5.74) is 3.42. The first-order chi connectivity index (χ1) is 22.9. The van der Waals surface area contributed by atoms with Crippen LogP contribution in [0.3, 0.4) is 0 Å². The molecular formula is C34H38N6O5S2. The number of aryl methyl sites for hydroxylation is 1. The van der Waals surface area contributed by atoms with Crippen molar-refractivity contribution >= 4 is 51.9 Å². The van der Waals surface area contributed by atoms with Crippen molar-refractivity contribution in [3.63, 3.8) is 0 Å². The fourth-order valence-electron chi connectivity index (χ4n) is 5.28. The lowest BCUT2D eigenvalue weighted by Gasteiger charge is -2.13. The maximum Gasteiger partial charge on any atom is 0.254 e. The van der Waals surface area contributed by atoms with Gasteiger partial charge in [0.25, 0.3) is 5.91 Å². The van der Waals surface area contributed by atoms with Crippen molar-refractivity contribution in [2.75, 3.05) is 25.3 Å². The molecule has 0 saturated carbocycles. The Morgan fingerprint density at radius 3 is 2.53 bits per heavy atom. The molecule has 2 heterocycles. The molecule has 246 valence electrons. The number of rotatable bonds is 14. The summed E-state index contributed by atoms with van der Waals surface area (Å²) in [6.07, 6.45) is 6.96. The van der Waals surface area contributed by atoms with Gasteiger partial charge in [-0.15, -0.1) is 21.5 Å². The summed E-state index contributed by atoms with van der Waals surface area (Å²) in [7, 11) is 3.12. The number of methoxy groups -OCH3 is 2. The molecule has 1 aliphatic rings. The van der Waals surface area contributed by atoms with E-state index >= 15 is 0 Å². The highest BCUT2D eigenvalue weighted by Crippen LogP contribution is 2.38. The molecule has 0 spiro atoms. The molecule has 4 aromatic rings. The van der Waals surface area contributed by atoms with Gasteiger partial charge >= 0.3 is 0 Å². The molecule has 0 saturated heterocycles. The van der Waals surface area contributed by atoms with Crippen LogP contribution >= 0.6 is 23.1 Å². The van der Waals surface area contributed by atoms with Gasteiger partial charge in [-0.1, -0.05) is 48.2 Å². The molecule has 0 radical (unpaired) electrons. The van der Waals surface area contributed by atoms with Crippen LogP contribution in [0.2, 0.25) is 0 Å². The Morgan fingerprint density at radius 1 is 0.979 bits per heavy atom. The van der Waals surface area contributed by atoms with Crippen LogP contribution in [0.1, 0.15) is 57.5 Å². The van der Waals surface area contributed by atoms with Gasteiger partial charge in [-0.05, 0) is 67.5 Å². The second-order valence-electron chi connectivity index (χ2n) is 10.7. The Balaban J connectivity index is 1.17. The van der Waals surface area contributed by atoms with E-state index in [9.17, 15) is 14.4 Å². The predicted molar refractivity (Wildman–Crippen MR) is 184 cm³/mol. The van der Waals surface area contributed by atoms with Gasteiger partial charge in [0.05, 0.1) is 32.1 Å². The predicted octanol–water partition coefficient (Wildman–Crippen LogP) is 5.25. The standard InChI is InChI=1S/C34H38N6O5S2/c1-4-40-28(20-35-29(41)17-15-22-14-16-25(44-2)26(18-22)45-3)38-39-34(40)46-21-30(42)37-33-31(24-12-8-9-13-27(24)47-33)32(43)36-19-23-10-6-5-7-11-23/h5-7,10-11,14-18H,4,8-9,12-13,19-21H2,1-3H3,(H,35,41)(H,36,43)(H,37,42)/b17-15+. The number of benzene rings is 2. The number of nitrogens with one attached hydrogen (secondary N) is 3. The number of thioether (sulfide) groups is 1. The topological polar surface area (TPSA) is 136 Å². The normalized spacial score (nSPS) is 12.4. The average molecular weight is 675 g/mol. The molecule has 3 amide bonds. The van der Waals surface area contributed by atoms with Crippen molar-refractivity contribution in [3.8, 4) is 11.5 Å². The van der Waals surface area contributed by atoms with E-state index in [0.717, 1.165) is 42.4 Å². The minimum Gasteiger partial charge on any atom is -0.493 e. The van der Waals surface area contributed by atoms with E-state index in [-0.39, 0.29) is 30.0 Å². The molecule has 0 aliphatic heterocycles. The van der Waals surface area contributed by atoms with Gasteiger partial charge < -0.3 is 30.0 Å². The third-order valence-corrected chi connectivity index (χ3v) is 9.82. The Morgan fingerprint density at radius 2 is 1.77 bits per heavy atom. The van der Waals surface area contributed by atoms with E-state index in [2.05, 4.69) is 26.1 Å². The van der Waals surface area contributed by atoms with E-state index in [0.29, 0.717) is 46.1 Å². The fraction of sp³-hybridized carbons (Fsp3) is 0.324. The number of ether oxygens (including phenoxy) is 2. The Labute approximate surface area is 282 Å². The Hall–Kier alpha value is -4.62. The molecule has 2 aromatic carbocycles. The number of aromatic nitrogens is 3. The summed E-state index contributed by atoms with van der Waals surface area (Å²) < 4.78 is 12.4. The van der Waals surface area contributed by atoms with Crippen molar-refractivity contribution < 1.29 is 23.9 Å². The van der Waals surface area contributed by atoms with Crippen LogP contribution in [-0.2, 0) is 42.1 Å². The summed E-state index contributed by atoms with van der Waals surface area (Å²) >= 11 is 2.75. The molecule has 0 bridgehead atoms. The highest BCUT2D eigenvalue weighted by Gasteiger charge is 2.26. The summed E-state index contributed by atoms with van der Waals surface area (Å²) in [5.74, 6) is 1.15. The smallest absolute Gasteiger partial charge is 0.254 e. The molecule has 3 N–H and O–H groups in total. The second kappa shape index (κ2) is 16.3. The molecule has 5 rings (SSSR count). The fourth-order valence-corrected chi connectivity index (χ4v) is 7.41. The monoisotopic (exact) mass is 674 g/mol. The van der Waals surface area contributed by atoms with E-state index < -0.39 is 0 Å². The van der Waals surface area contributed by atoms with Crippen LogP contribution < -0.4 is 25.4 Å². The minimum absolute atomic E-state index is 0.0895. The number of thiophene rings is 1. The van der Waals surface area contributed by atoms with Gasteiger partial charge in [0.15, 0.2) is 22.5 Å². The van der Waals surface area contributed by atoms with Crippen LogP contribution in [0.15, 0.2) is 59.8 Å². The summed E-state index contributed by atoms with van der Waals surface area (Å²) in [4.78, 5) is 40.2. The number of anilines is 1. The summed E-state index contributed by atoms with van der Waals surface area (Å²) in [6, 6.07) is 15.1. The quantitative estimate of drug-likeness (QED) is 0.122. The minimum atomic E-state index is -0.290. The number of nitrogens with zero attached hydrogens (tertiary/aromatic N) is 3. The van der Waals surface area contributed by atoms with Gasteiger partial charge in [0, 0.05) is 24.0 Å². The van der Waals surface area contributed by atoms with Crippen molar-refractivity contribution in [2.45, 2.75) is 57.4 Å². The van der Waals surface area contributed by atoms with Crippen LogP contribution in [-0.4, -0.2) is 52.5 Å². The number of amides is 3. The van der Waals surface area contributed by atoms with Gasteiger partial charge in [-0.3, -0.25) is 14.4 Å². The van der Waals surface area contributed by atoms with E-state index in [1.807, 2.05) is 47.9 Å². The zero-order valence-electron chi connectivity index (χ0n) is 26.6. The first-order valence-electron chi connectivity index (χ1n) is 15.4. The maximum absolute atomic E-state index is 13.4. The third kappa shape index (κ3) is 8.60. The number of hydrogen-bond acceptors (Lipinski definition) is 9. The highest BCUT2D eigenvalue weighted by molar-refractivity contribution is 7.99. The van der Waals surface area contributed by atoms with E-state index in [4.69, 9.17) is 9.47 Å². The highest BCUT2D eigenvalue weighted by atomic mass is 32.2. The molecule has 2 aromatic heterocycles. The molecule has 0 unspecified atom stereocenters. The zero-order chi connectivity index (χ0) is 33.2. The lowest BCUT2D eigenvalue weighted by atomic mass is 9.95. The molecule has 11 nitrogen and oxygen atoms in total. The average Bonchev–Trinajstić information content (AvgIpc) is 3.68. The van der Waals surface area contributed by atoms with Crippen molar-refractivity contribution in [3.05, 3.63) is 87.6 Å². The van der Waals surface area contributed by atoms with E-state index in [1.165, 1.54) is 34.1 Å². The second-order valence-corrected chi connectivity index (χ2v) is 12.8. The Kier molecular flexibility index (Phi) is 11.7. The lowest BCUT2D eigenvalue weighted by Crippen LogP contribution is -2.25. The third-order valence-electron chi connectivity index (χ3n) is 7.64. The van der Waals surface area contributed by atoms with Crippen molar-refractivity contribution in [2.24, 2.45) is 0 Å². The number of carbonyl (C=O) groups is 3. The van der Waals surface area contributed by atoms with Gasteiger partial charge in [0.2, 0.25) is 11.8 Å². The summed E-state index contributed by atoms with van der Waals surface area (Å²) in [6.45, 7) is 3.10. The van der Waals surface area contributed by atoms with Crippen LogP contribution in [0, 0.1) is 0 Å². The Bertz CT molecular complexity index is 1750. The number of fused-ring (bicyclic) bond motifs is 1. The van der Waals surface area contributed by atoms with Crippen molar-refractivity contribution in [1.29, 1.82) is 0 Å². The molecule has 0 fully saturated rings. The molecule has 13 heteroatoms. The maximum atomic E-state index is 13.4. The first-order valence-corrected chi connectivity index (χ1v) is 17.2. The van der Waals surface area contributed by atoms with E-state index in [1.54, 1.807) is 32.4 Å². The largest absolute Gasteiger partial charge is 0.493 e. The van der Waals surface area contributed by atoms with Crippen molar-refractivity contribution in [1.82, 2.24) is 25.4 Å².